The lowest BCUT2D eigenvalue weighted by atomic mass is 9.44. The molecule has 7 fully saturated rings. The number of likely N-dealkylation sites (N-methyl/N-ethyl adjacent to an activating group) is 1. The van der Waals surface area contributed by atoms with Crippen molar-refractivity contribution < 1.29 is 50.0 Å². The summed E-state index contributed by atoms with van der Waals surface area (Å²) >= 11 is 0. The van der Waals surface area contributed by atoms with Crippen molar-refractivity contribution in [3.63, 3.8) is 0 Å². The Labute approximate surface area is 299 Å². The van der Waals surface area contributed by atoms with E-state index in [0.717, 1.165) is 88.8 Å². The summed E-state index contributed by atoms with van der Waals surface area (Å²) in [5.74, 6) is 1.70. The molecule has 7 rings (SSSR count). The first-order valence-electron chi connectivity index (χ1n) is 18.9. The summed E-state index contributed by atoms with van der Waals surface area (Å²) in [6.45, 7) is 20.8. The van der Waals surface area contributed by atoms with Crippen LogP contribution in [0.1, 0.15) is 85.5 Å². The first kappa shape index (κ1) is 36.7. The highest BCUT2D eigenvalue weighted by molar-refractivity contribution is 5.66. The molecule has 48 heavy (non-hydrogen) atoms. The quantitative estimate of drug-likeness (QED) is 0.232. The minimum atomic E-state index is -0.409. The van der Waals surface area contributed by atoms with Crippen LogP contribution in [-0.4, -0.2) is 122 Å². The Hall–Kier alpha value is -1.04. The molecule has 272 valence electrons. The number of quaternary nitrogens is 1. The van der Waals surface area contributed by atoms with Crippen LogP contribution in [0, 0.1) is 34.5 Å². The van der Waals surface area contributed by atoms with Crippen LogP contribution >= 0.6 is 0 Å². The standard InChI is InChI=1S/C38H62N3O6.BrH/c1-7-18-41(6)19-16-40(17-20-41)32-24-31-29-9-8-28-23-34(46-26(2)42)33(39-14-12-38(13-15-39)44-21-22-45-38)25-37(28,5)30(29)10-11-36(31,4)35(32)47-27(3)43;/h7,28-35H,1,8-25H2,2-6H3;1H/q+1;/p-1/t28-,29+,30-,31-,32-,33-,34-,35-,36-,37-;/m0./s1. The lowest BCUT2D eigenvalue weighted by Gasteiger charge is -2.62. The van der Waals surface area contributed by atoms with Crippen molar-refractivity contribution in [3.05, 3.63) is 12.7 Å². The van der Waals surface area contributed by atoms with Gasteiger partial charge in [0.05, 0.1) is 39.9 Å². The van der Waals surface area contributed by atoms with Gasteiger partial charge in [-0.05, 0) is 80.1 Å². The largest absolute Gasteiger partial charge is 1.00 e. The van der Waals surface area contributed by atoms with Crippen LogP contribution in [0.3, 0.4) is 0 Å². The molecule has 9 nitrogen and oxygen atoms in total. The molecule has 10 atom stereocenters. The summed E-state index contributed by atoms with van der Waals surface area (Å²) in [5, 5.41) is 0. The lowest BCUT2D eigenvalue weighted by molar-refractivity contribution is -0.908. The summed E-state index contributed by atoms with van der Waals surface area (Å²) in [5.41, 5.74) is 0.208. The molecule has 1 spiro atoms. The van der Waals surface area contributed by atoms with Gasteiger partial charge in [-0.3, -0.25) is 19.4 Å². The fraction of sp³-hybridized carbons (Fsp3) is 0.895. The van der Waals surface area contributed by atoms with E-state index in [0.29, 0.717) is 42.9 Å². The summed E-state index contributed by atoms with van der Waals surface area (Å²) < 4.78 is 25.7. The normalized spacial score (nSPS) is 43.7. The van der Waals surface area contributed by atoms with Crippen molar-refractivity contribution in [2.24, 2.45) is 34.5 Å². The van der Waals surface area contributed by atoms with Crippen molar-refractivity contribution in [1.82, 2.24) is 9.80 Å². The van der Waals surface area contributed by atoms with Gasteiger partial charge in [-0.2, -0.15) is 0 Å². The topological polar surface area (TPSA) is 77.5 Å². The highest BCUT2D eigenvalue weighted by Gasteiger charge is 2.65. The van der Waals surface area contributed by atoms with E-state index in [9.17, 15) is 9.59 Å². The van der Waals surface area contributed by atoms with E-state index in [1.165, 1.54) is 19.3 Å². The summed E-state index contributed by atoms with van der Waals surface area (Å²) in [6.07, 6.45) is 11.6. The molecule has 0 bridgehead atoms. The van der Waals surface area contributed by atoms with E-state index < -0.39 is 5.79 Å². The second-order valence-electron chi connectivity index (χ2n) is 17.4. The Morgan fingerprint density at radius 3 is 2.12 bits per heavy atom. The number of carbonyl (C=O) groups excluding carboxylic acids is 2. The highest BCUT2D eigenvalue weighted by Crippen LogP contribution is 2.67. The molecule has 0 N–H and O–H groups in total. The number of piperazine rings is 1. The molecule has 0 aromatic carbocycles. The maximum Gasteiger partial charge on any atom is 0.302 e. The summed E-state index contributed by atoms with van der Waals surface area (Å²) in [7, 11) is 2.35. The number of likely N-dealkylation sites (tertiary alicyclic amines) is 1. The molecule has 3 aliphatic heterocycles. The first-order chi connectivity index (χ1) is 22.4. The Morgan fingerprint density at radius 2 is 1.50 bits per heavy atom. The second-order valence-corrected chi connectivity index (χ2v) is 17.4. The van der Waals surface area contributed by atoms with Crippen LogP contribution in [0.2, 0.25) is 0 Å². The number of piperidine rings is 1. The average Bonchev–Trinajstić information content (AvgIpc) is 3.59. The Morgan fingerprint density at radius 1 is 0.854 bits per heavy atom. The molecule has 0 radical (unpaired) electrons. The van der Waals surface area contributed by atoms with Crippen LogP contribution < -0.4 is 17.0 Å². The van der Waals surface area contributed by atoms with Crippen LogP contribution in [0.15, 0.2) is 12.7 Å². The van der Waals surface area contributed by atoms with E-state index in [1.54, 1.807) is 13.8 Å². The van der Waals surface area contributed by atoms with Crippen LogP contribution in [0.4, 0.5) is 0 Å². The van der Waals surface area contributed by atoms with Crippen LogP contribution in [0.5, 0.6) is 0 Å². The lowest BCUT2D eigenvalue weighted by Crippen LogP contribution is -3.00. The van der Waals surface area contributed by atoms with E-state index in [-0.39, 0.29) is 58.0 Å². The predicted octanol–water partition coefficient (Wildman–Crippen LogP) is 1.64. The number of rotatable bonds is 6. The highest BCUT2D eigenvalue weighted by atomic mass is 79.9. The van der Waals surface area contributed by atoms with E-state index in [2.05, 4.69) is 43.3 Å². The number of hydrogen-bond acceptors (Lipinski definition) is 8. The molecule has 4 saturated carbocycles. The third kappa shape index (κ3) is 6.46. The molecule has 0 aromatic rings. The van der Waals surface area contributed by atoms with Gasteiger partial charge in [-0.25, -0.2) is 0 Å². The zero-order valence-electron chi connectivity index (χ0n) is 30.3. The van der Waals surface area contributed by atoms with Gasteiger partial charge in [0.1, 0.15) is 12.2 Å². The van der Waals surface area contributed by atoms with Gasteiger partial charge >= 0.3 is 11.9 Å². The number of carbonyl (C=O) groups is 2. The molecule has 7 aliphatic rings. The van der Waals surface area contributed by atoms with Gasteiger partial charge in [0, 0.05) is 70.4 Å². The maximum atomic E-state index is 12.6. The van der Waals surface area contributed by atoms with E-state index in [4.69, 9.17) is 18.9 Å². The minimum Gasteiger partial charge on any atom is -1.00 e. The molecule has 3 saturated heterocycles. The number of halogens is 1. The van der Waals surface area contributed by atoms with E-state index >= 15 is 0 Å². The summed E-state index contributed by atoms with van der Waals surface area (Å²) in [4.78, 5) is 30.3. The predicted molar refractivity (Wildman–Crippen MR) is 179 cm³/mol. The molecule has 10 heteroatoms. The summed E-state index contributed by atoms with van der Waals surface area (Å²) in [6, 6.07) is 0.524. The van der Waals surface area contributed by atoms with E-state index in [1.807, 2.05) is 0 Å². The van der Waals surface area contributed by atoms with Gasteiger partial charge in [-0.1, -0.05) is 20.4 Å². The number of hydrogen-bond donors (Lipinski definition) is 0. The first-order valence-corrected chi connectivity index (χ1v) is 18.9. The number of nitrogens with zero attached hydrogens (tertiary/aromatic N) is 3. The molecule has 0 aromatic heterocycles. The molecule has 3 heterocycles. The zero-order chi connectivity index (χ0) is 33.2. The van der Waals surface area contributed by atoms with Crippen LogP contribution in [0.25, 0.3) is 0 Å². The number of ether oxygens (including phenoxy) is 4. The van der Waals surface area contributed by atoms with Gasteiger partial charge in [0.25, 0.3) is 0 Å². The zero-order valence-corrected chi connectivity index (χ0v) is 31.9. The number of fused-ring (bicyclic) bond motifs is 5. The van der Waals surface area contributed by atoms with Gasteiger partial charge < -0.3 is 40.4 Å². The molecular weight excluding hydrogens is 674 g/mol. The van der Waals surface area contributed by atoms with Crippen LogP contribution in [-0.2, 0) is 28.5 Å². The smallest absolute Gasteiger partial charge is 0.302 e. The average molecular weight is 737 g/mol. The Balaban J connectivity index is 0.00000401. The Bertz CT molecular complexity index is 1190. The molecular formula is C38H62BrN3O6. The molecule has 0 amide bonds. The van der Waals surface area contributed by atoms with Gasteiger partial charge in [0.15, 0.2) is 5.79 Å². The van der Waals surface area contributed by atoms with Crippen molar-refractivity contribution >= 4 is 11.9 Å². The fourth-order valence-corrected chi connectivity index (χ4v) is 12.4. The monoisotopic (exact) mass is 735 g/mol. The second kappa shape index (κ2) is 13.8. The Kier molecular flexibility index (Phi) is 10.6. The number of esters is 2. The maximum absolute atomic E-state index is 12.6. The van der Waals surface area contributed by atoms with Crippen molar-refractivity contribution in [1.29, 1.82) is 0 Å². The fourth-order valence-electron chi connectivity index (χ4n) is 12.4. The third-order valence-electron chi connectivity index (χ3n) is 14.9. The van der Waals surface area contributed by atoms with Crippen molar-refractivity contribution in [2.75, 3.05) is 66.1 Å². The van der Waals surface area contributed by atoms with Gasteiger partial charge in [0.2, 0.25) is 0 Å². The van der Waals surface area contributed by atoms with Crippen molar-refractivity contribution in [2.45, 2.75) is 116 Å². The molecule has 4 aliphatic carbocycles. The molecule has 0 unspecified atom stereocenters. The SMILES string of the molecule is C=CC[N+]1(C)CCN([C@H]2C[C@H]3[C@@H]4CC[C@H]5C[C@H](OC(C)=O)[C@@H](N6CCC7(CC6)OCCO7)C[C@]5(C)[C@H]4CC[C@]3(C)[C@H]2OC(C)=O)CC1.[Br-]. The minimum absolute atomic E-state index is 0. The van der Waals surface area contributed by atoms with Gasteiger partial charge in [-0.15, -0.1) is 0 Å². The van der Waals surface area contributed by atoms with Crippen molar-refractivity contribution in [3.8, 4) is 0 Å². The third-order valence-corrected chi connectivity index (χ3v) is 14.9.